The molecule has 1 rings (SSSR count). The Morgan fingerprint density at radius 3 is 2.38 bits per heavy atom. The fourth-order valence-corrected chi connectivity index (χ4v) is 0.819. The second kappa shape index (κ2) is 6.28. The van der Waals surface area contributed by atoms with Gasteiger partial charge < -0.3 is 5.32 Å². The van der Waals surface area contributed by atoms with Crippen LogP contribution in [0.15, 0.2) is 12.3 Å². The van der Waals surface area contributed by atoms with Crippen LogP contribution in [0.2, 0.25) is 0 Å². The molecule has 0 aromatic heterocycles. The molecule has 0 aliphatic carbocycles. The van der Waals surface area contributed by atoms with Gasteiger partial charge in [0.05, 0.1) is 12.7 Å². The third-order valence-electron chi connectivity index (χ3n) is 1.37. The van der Waals surface area contributed by atoms with Crippen molar-refractivity contribution < 1.29 is 34.2 Å². The van der Waals surface area contributed by atoms with Crippen molar-refractivity contribution in [2.75, 3.05) is 26.7 Å². The summed E-state index contributed by atoms with van der Waals surface area (Å²) in [5.41, 5.74) is 0. The number of hydrogen-bond acceptors (Lipinski definition) is 5. The van der Waals surface area contributed by atoms with Gasteiger partial charge in [0.2, 0.25) is 0 Å². The van der Waals surface area contributed by atoms with E-state index in [-0.39, 0.29) is 0 Å². The van der Waals surface area contributed by atoms with E-state index in [1.165, 1.54) is 13.1 Å². The average Bonchev–Trinajstić information content (AvgIpc) is 2.12. The molecule has 0 aromatic rings. The summed E-state index contributed by atoms with van der Waals surface area (Å²) in [7, 11) is -2.80. The summed E-state index contributed by atoms with van der Waals surface area (Å²) in [5, 5.41) is 2.21. The maximum atomic E-state index is 8.49. The highest BCUT2D eigenvalue weighted by atomic mass is 35.7. The maximum absolute atomic E-state index is 8.49. The number of likely N-dealkylation sites (N-methyl/N-ethyl adjacent to an activating group) is 1. The van der Waals surface area contributed by atoms with Crippen LogP contribution in [-0.4, -0.2) is 31.6 Å². The fourth-order valence-electron chi connectivity index (χ4n) is 0.819. The van der Waals surface area contributed by atoms with Gasteiger partial charge in [-0.25, -0.2) is 18.6 Å². The molecule has 0 saturated heterocycles. The molecular formula is C6H13ClN2O4. The number of halogens is 1. The Balaban J connectivity index is 0.000000252. The van der Waals surface area contributed by atoms with Crippen LogP contribution in [-0.2, 0) is 0 Å². The van der Waals surface area contributed by atoms with Crippen molar-refractivity contribution in [3.63, 3.8) is 0 Å². The normalized spacial score (nSPS) is 18.8. The first-order chi connectivity index (χ1) is 5.89. The molecule has 0 spiro atoms. The van der Waals surface area contributed by atoms with Crippen LogP contribution >= 0.6 is 0 Å². The summed E-state index contributed by atoms with van der Waals surface area (Å²) in [6.45, 7) is 3.51. The van der Waals surface area contributed by atoms with Gasteiger partial charge in [-0.2, -0.15) is 0 Å². The van der Waals surface area contributed by atoms with E-state index in [0.717, 1.165) is 6.54 Å². The van der Waals surface area contributed by atoms with Crippen molar-refractivity contribution in [2.24, 2.45) is 0 Å². The van der Waals surface area contributed by atoms with Crippen LogP contribution in [0.3, 0.4) is 0 Å². The van der Waals surface area contributed by atoms with E-state index in [9.17, 15) is 0 Å². The first-order valence-electron chi connectivity index (χ1n) is 3.68. The molecule has 0 atom stereocenters. The lowest BCUT2D eigenvalue weighted by atomic mass is 10.5. The van der Waals surface area contributed by atoms with Gasteiger partial charge in [-0.3, -0.25) is 4.90 Å². The summed E-state index contributed by atoms with van der Waals surface area (Å²) in [5.74, 6) is 0. The molecule has 1 heterocycles. The monoisotopic (exact) mass is 212 g/mol. The van der Waals surface area contributed by atoms with Crippen molar-refractivity contribution in [3.8, 4) is 0 Å². The highest BCUT2D eigenvalue weighted by Gasteiger charge is 1.98. The predicted octanol–water partition coefficient (Wildman–Crippen LogP) is -5.75. The minimum atomic E-state index is -4.94. The minimum absolute atomic E-state index is 1.11. The van der Waals surface area contributed by atoms with E-state index in [1.807, 2.05) is 0 Å². The minimum Gasteiger partial charge on any atom is -0.319 e. The van der Waals surface area contributed by atoms with Gasteiger partial charge in [-0.15, -0.1) is 10.2 Å². The van der Waals surface area contributed by atoms with Crippen molar-refractivity contribution in [1.82, 2.24) is 4.90 Å². The van der Waals surface area contributed by atoms with Crippen LogP contribution < -0.4 is 24.0 Å². The van der Waals surface area contributed by atoms with E-state index in [1.54, 1.807) is 0 Å². The zero-order valence-electron chi connectivity index (χ0n) is 7.31. The summed E-state index contributed by atoms with van der Waals surface area (Å²) >= 11 is 0. The van der Waals surface area contributed by atoms with Crippen LogP contribution in [0.4, 0.5) is 0 Å². The van der Waals surface area contributed by atoms with Crippen molar-refractivity contribution in [1.29, 1.82) is 0 Å². The predicted molar refractivity (Wildman–Crippen MR) is 33.4 cm³/mol. The smallest absolute Gasteiger partial charge is 0.0926 e. The molecule has 2 N–H and O–H groups in total. The fraction of sp³-hybridized carbons (Fsp3) is 0.667. The topological polar surface area (TPSA) is 112 Å². The van der Waals surface area contributed by atoms with Crippen molar-refractivity contribution in [3.05, 3.63) is 12.3 Å². The van der Waals surface area contributed by atoms with Gasteiger partial charge in [0.1, 0.15) is 0 Å². The second-order valence-electron chi connectivity index (χ2n) is 2.59. The van der Waals surface area contributed by atoms with Crippen LogP contribution in [0.1, 0.15) is 0 Å². The highest BCUT2D eigenvalue weighted by Crippen LogP contribution is 1.80. The third-order valence-corrected chi connectivity index (χ3v) is 1.37. The van der Waals surface area contributed by atoms with Gasteiger partial charge in [0.25, 0.3) is 0 Å². The molecule has 13 heavy (non-hydrogen) atoms. The summed E-state index contributed by atoms with van der Waals surface area (Å²) in [6, 6.07) is 0. The van der Waals surface area contributed by atoms with Gasteiger partial charge in [0.15, 0.2) is 0 Å². The van der Waals surface area contributed by atoms with Crippen molar-refractivity contribution in [2.45, 2.75) is 0 Å². The van der Waals surface area contributed by atoms with E-state index in [0.29, 0.717) is 0 Å². The number of nitrogens with zero attached hydrogens (tertiary/aromatic N) is 1. The molecular weight excluding hydrogens is 200 g/mol. The summed E-state index contributed by atoms with van der Waals surface area (Å²) < 4.78 is 34.0. The molecule has 0 aromatic carbocycles. The Bertz CT molecular complexity index is 153. The second-order valence-corrected chi connectivity index (χ2v) is 3.35. The van der Waals surface area contributed by atoms with E-state index in [4.69, 9.17) is 18.6 Å². The quantitative estimate of drug-likeness (QED) is 0.430. The SMILES string of the molecule is CN1CC=C[NH2+]CC1.[O-][Cl+3]([O-])([O-])[O-]. The van der Waals surface area contributed by atoms with E-state index >= 15 is 0 Å². The van der Waals surface area contributed by atoms with Gasteiger partial charge in [0, 0.05) is 13.1 Å². The lowest BCUT2D eigenvalue weighted by Crippen LogP contribution is -2.79. The van der Waals surface area contributed by atoms with E-state index < -0.39 is 10.2 Å². The molecule has 0 fully saturated rings. The molecule has 1 aliphatic rings. The molecule has 0 saturated carbocycles. The van der Waals surface area contributed by atoms with Gasteiger partial charge >= 0.3 is 0 Å². The molecule has 0 unspecified atom stereocenters. The third kappa shape index (κ3) is 14.6. The summed E-state index contributed by atoms with van der Waals surface area (Å²) in [6.07, 6.45) is 4.33. The van der Waals surface area contributed by atoms with Crippen LogP contribution in [0.25, 0.3) is 0 Å². The zero-order chi connectivity index (χ0) is 10.3. The standard InChI is InChI=1S/C6H12N2.ClHO4/c1-8-5-2-3-7-4-6-8;2-1(3,4)5/h2-3,7H,4-6H2,1H3;(H,2,3,4,5). The first-order valence-corrected chi connectivity index (χ1v) is 4.91. The molecule has 1 aliphatic heterocycles. The molecule has 0 bridgehead atoms. The Morgan fingerprint density at radius 1 is 1.31 bits per heavy atom. The molecule has 6 nitrogen and oxygen atoms in total. The zero-order valence-corrected chi connectivity index (χ0v) is 8.07. The Labute approximate surface area is 78.8 Å². The lowest BCUT2D eigenvalue weighted by Gasteiger charge is -2.17. The Kier molecular flexibility index (Phi) is 6.17. The molecule has 0 amide bonds. The number of rotatable bonds is 0. The first kappa shape index (κ1) is 12.8. The highest BCUT2D eigenvalue weighted by molar-refractivity contribution is 4.76. The largest absolute Gasteiger partial charge is 0.319 e. The molecule has 78 valence electrons. The van der Waals surface area contributed by atoms with Crippen molar-refractivity contribution >= 4 is 0 Å². The molecule has 0 radical (unpaired) electrons. The average molecular weight is 213 g/mol. The van der Waals surface area contributed by atoms with Crippen LogP contribution in [0.5, 0.6) is 0 Å². The Morgan fingerprint density at radius 2 is 1.85 bits per heavy atom. The van der Waals surface area contributed by atoms with Gasteiger partial charge in [-0.05, 0) is 13.1 Å². The lowest BCUT2D eigenvalue weighted by molar-refractivity contribution is -2.00. The number of quaternary nitrogens is 1. The maximum Gasteiger partial charge on any atom is 0.0926 e. The summed E-state index contributed by atoms with van der Waals surface area (Å²) in [4.78, 5) is 2.31. The van der Waals surface area contributed by atoms with E-state index in [2.05, 4.69) is 29.5 Å². The Hall–Kier alpha value is -0.210. The number of hydrogen-bond donors (Lipinski definition) is 1. The number of nitrogens with two attached hydrogens (primary N) is 1. The van der Waals surface area contributed by atoms with Crippen LogP contribution in [0, 0.1) is 10.2 Å². The molecule has 7 heteroatoms. The van der Waals surface area contributed by atoms with Gasteiger partial charge in [-0.1, -0.05) is 0 Å².